The zero-order valence-electron chi connectivity index (χ0n) is 19.6. The molecule has 9 nitrogen and oxygen atoms in total. The molecule has 2 N–H and O–H groups in total. The first-order valence-electron chi connectivity index (χ1n) is 11.7. The first-order valence-corrected chi connectivity index (χ1v) is 12.5. The molecule has 1 aliphatic heterocycles. The summed E-state index contributed by atoms with van der Waals surface area (Å²) in [5.74, 6) is 0.630. The third-order valence-electron chi connectivity index (χ3n) is 6.66. The van der Waals surface area contributed by atoms with Gasteiger partial charge in [0.25, 0.3) is 5.56 Å². The minimum Gasteiger partial charge on any atom is -0.389 e. The molecule has 6 rings (SSSR count). The Bertz CT molecular complexity index is 1660. The first kappa shape index (κ1) is 23.6. The second kappa shape index (κ2) is 9.26. The third-order valence-corrected chi connectivity index (χ3v) is 7.17. The van der Waals surface area contributed by atoms with Gasteiger partial charge in [-0.3, -0.25) is 4.79 Å². The van der Waals surface area contributed by atoms with Crippen LogP contribution in [-0.4, -0.2) is 39.8 Å². The van der Waals surface area contributed by atoms with Crippen molar-refractivity contribution >= 4 is 23.2 Å². The van der Waals surface area contributed by atoms with Gasteiger partial charge in [-0.25, -0.2) is 4.98 Å². The Morgan fingerprint density at radius 3 is 2.62 bits per heavy atom. The van der Waals surface area contributed by atoms with Crippen LogP contribution in [0.1, 0.15) is 42.6 Å². The number of imidazole rings is 1. The van der Waals surface area contributed by atoms with Crippen LogP contribution in [0.4, 0.5) is 0 Å². The average Bonchev–Trinajstić information content (AvgIpc) is 3.64. The number of nitrogens with zero attached hydrogens (tertiary/aromatic N) is 6. The van der Waals surface area contributed by atoms with Gasteiger partial charge in [0, 0.05) is 27.9 Å². The molecule has 37 heavy (non-hydrogen) atoms. The number of aliphatic hydroxyl groups is 1. The summed E-state index contributed by atoms with van der Waals surface area (Å²) in [6.45, 7) is 1.72. The van der Waals surface area contributed by atoms with Crippen molar-refractivity contribution in [2.24, 2.45) is 0 Å². The van der Waals surface area contributed by atoms with Gasteiger partial charge in [0.05, 0.1) is 17.8 Å². The Kier molecular flexibility index (Phi) is 5.91. The number of fused-ring (bicyclic) bond motifs is 1. The minimum absolute atomic E-state index is 0.145. The molecule has 0 radical (unpaired) electrons. The molecule has 1 aliphatic rings. The number of hydrogen-bond donors (Lipinski definition) is 2. The van der Waals surface area contributed by atoms with E-state index in [0.717, 1.165) is 33.6 Å². The maximum Gasteiger partial charge on any atom is 0.252 e. The lowest BCUT2D eigenvalue weighted by Crippen LogP contribution is -2.24. The topological polar surface area (TPSA) is 115 Å². The Labute approximate surface area is 221 Å². The fourth-order valence-electron chi connectivity index (χ4n) is 4.86. The number of aliphatic hydroxyl groups excluding tert-OH is 1. The molecule has 3 aromatic heterocycles. The number of tetrazole rings is 1. The number of aromatic nitrogens is 7. The quantitative estimate of drug-likeness (QED) is 0.336. The number of pyridine rings is 1. The van der Waals surface area contributed by atoms with E-state index in [1.807, 2.05) is 36.4 Å². The normalized spacial score (nSPS) is 15.6. The number of aromatic amines is 1. The molecule has 0 saturated carbocycles. The molecule has 5 aromatic rings. The van der Waals surface area contributed by atoms with Crippen LogP contribution in [0, 0.1) is 0 Å². The summed E-state index contributed by atoms with van der Waals surface area (Å²) < 4.78 is 3.31. The SMILES string of the molecule is CC(O)c1ccc(-c2nc([C@@H]3CCc4cc(-c5cc(Cl)ccc5-n5cnnn5)cc(=O)n43)[nH]c2Cl)cc1. The fraction of sp³-hybridized carbons (Fsp3) is 0.192. The second-order valence-corrected chi connectivity index (χ2v) is 9.81. The summed E-state index contributed by atoms with van der Waals surface area (Å²) in [5, 5.41) is 22.2. The molecule has 1 unspecified atom stereocenters. The number of nitrogens with one attached hydrogen (secondary N) is 1. The van der Waals surface area contributed by atoms with E-state index in [1.165, 1.54) is 6.33 Å². The van der Waals surface area contributed by atoms with E-state index in [9.17, 15) is 9.90 Å². The number of hydrogen-bond acceptors (Lipinski definition) is 6. The second-order valence-electron chi connectivity index (χ2n) is 9.00. The molecule has 4 heterocycles. The lowest BCUT2D eigenvalue weighted by atomic mass is 10.0. The molecule has 0 fully saturated rings. The maximum absolute atomic E-state index is 13.4. The van der Waals surface area contributed by atoms with Crippen molar-refractivity contribution in [1.29, 1.82) is 0 Å². The van der Waals surface area contributed by atoms with Gasteiger partial charge in [0.1, 0.15) is 23.0 Å². The number of halogens is 2. The van der Waals surface area contributed by atoms with Gasteiger partial charge in [-0.05, 0) is 65.6 Å². The third kappa shape index (κ3) is 4.25. The minimum atomic E-state index is -0.554. The van der Waals surface area contributed by atoms with E-state index < -0.39 is 6.10 Å². The highest BCUT2D eigenvalue weighted by atomic mass is 35.5. The number of H-pyrrole nitrogens is 1. The Morgan fingerprint density at radius 1 is 1.08 bits per heavy atom. The van der Waals surface area contributed by atoms with E-state index in [-0.39, 0.29) is 11.6 Å². The molecule has 0 spiro atoms. The Balaban J connectivity index is 1.37. The molecular formula is C26H21Cl2N7O2. The molecule has 0 saturated heterocycles. The molecule has 2 aromatic carbocycles. The van der Waals surface area contributed by atoms with Crippen molar-refractivity contribution in [3.63, 3.8) is 0 Å². The van der Waals surface area contributed by atoms with E-state index in [0.29, 0.717) is 34.5 Å². The molecule has 0 aliphatic carbocycles. The summed E-state index contributed by atoms with van der Waals surface area (Å²) in [6.07, 6.45) is 2.35. The van der Waals surface area contributed by atoms with E-state index >= 15 is 0 Å². The monoisotopic (exact) mass is 533 g/mol. The highest BCUT2D eigenvalue weighted by Crippen LogP contribution is 2.36. The summed E-state index contributed by atoms with van der Waals surface area (Å²) in [6, 6.07) is 16.2. The van der Waals surface area contributed by atoms with Gasteiger partial charge in [0.15, 0.2) is 0 Å². The largest absolute Gasteiger partial charge is 0.389 e. The van der Waals surface area contributed by atoms with Gasteiger partial charge in [-0.15, -0.1) is 5.10 Å². The average molecular weight is 534 g/mol. The van der Waals surface area contributed by atoms with Gasteiger partial charge in [0.2, 0.25) is 0 Å². The Morgan fingerprint density at radius 2 is 1.89 bits per heavy atom. The van der Waals surface area contributed by atoms with Gasteiger partial charge in [-0.1, -0.05) is 47.5 Å². The maximum atomic E-state index is 13.4. The fourth-order valence-corrected chi connectivity index (χ4v) is 5.28. The molecule has 186 valence electrons. The predicted octanol–water partition coefficient (Wildman–Crippen LogP) is 4.78. The van der Waals surface area contributed by atoms with Crippen molar-refractivity contribution in [3.05, 3.63) is 98.5 Å². The van der Waals surface area contributed by atoms with E-state index in [1.54, 1.807) is 34.4 Å². The molecule has 0 amide bonds. The van der Waals surface area contributed by atoms with Crippen LogP contribution in [0.25, 0.3) is 28.1 Å². The van der Waals surface area contributed by atoms with Crippen LogP contribution >= 0.6 is 23.2 Å². The summed E-state index contributed by atoms with van der Waals surface area (Å²) in [5.41, 5.74) is 5.21. The van der Waals surface area contributed by atoms with Crippen LogP contribution < -0.4 is 5.56 Å². The van der Waals surface area contributed by atoms with E-state index in [2.05, 4.69) is 20.5 Å². The van der Waals surface area contributed by atoms with Crippen LogP contribution in [0.3, 0.4) is 0 Å². The molecule has 11 heteroatoms. The number of benzene rings is 2. The van der Waals surface area contributed by atoms with Crippen molar-refractivity contribution < 1.29 is 5.11 Å². The molecular weight excluding hydrogens is 513 g/mol. The van der Waals surface area contributed by atoms with Crippen molar-refractivity contribution in [2.75, 3.05) is 0 Å². The molecule has 2 atom stereocenters. The summed E-state index contributed by atoms with van der Waals surface area (Å²) in [4.78, 5) is 21.4. The van der Waals surface area contributed by atoms with Crippen LogP contribution in [0.2, 0.25) is 10.2 Å². The zero-order chi connectivity index (χ0) is 25.7. The van der Waals surface area contributed by atoms with Gasteiger partial charge < -0.3 is 14.7 Å². The summed E-state index contributed by atoms with van der Waals surface area (Å²) >= 11 is 12.8. The van der Waals surface area contributed by atoms with Crippen molar-refractivity contribution in [3.8, 4) is 28.1 Å². The highest BCUT2D eigenvalue weighted by Gasteiger charge is 2.29. The van der Waals surface area contributed by atoms with Gasteiger partial charge in [-0.2, -0.15) is 4.68 Å². The van der Waals surface area contributed by atoms with Crippen molar-refractivity contribution in [1.82, 2.24) is 34.7 Å². The van der Waals surface area contributed by atoms with Crippen molar-refractivity contribution in [2.45, 2.75) is 31.9 Å². The predicted molar refractivity (Wildman–Crippen MR) is 140 cm³/mol. The van der Waals surface area contributed by atoms with Gasteiger partial charge >= 0.3 is 0 Å². The van der Waals surface area contributed by atoms with E-state index in [4.69, 9.17) is 28.2 Å². The standard InChI is InChI=1S/C26H21Cl2N7O2/c1-14(36)15-2-4-16(5-3-15)24-25(28)31-26(30-24)22-9-7-19-10-17(11-23(37)35(19)22)20-12-18(27)6-8-21(20)34-13-29-32-33-34/h2-6,8,10-14,22,36H,7,9H2,1H3,(H,30,31)/t14?,22-/m0/s1. The smallest absolute Gasteiger partial charge is 0.252 e. The first-order chi connectivity index (χ1) is 17.9. The lowest BCUT2D eigenvalue weighted by Gasteiger charge is -2.15. The van der Waals surface area contributed by atoms with Crippen LogP contribution in [0.5, 0.6) is 0 Å². The summed E-state index contributed by atoms with van der Waals surface area (Å²) in [7, 11) is 0. The Hall–Kier alpha value is -3.79. The van der Waals surface area contributed by atoms with Crippen LogP contribution in [0.15, 0.2) is 65.7 Å². The zero-order valence-corrected chi connectivity index (χ0v) is 21.1. The number of aryl methyl sites for hydroxylation is 1. The highest BCUT2D eigenvalue weighted by molar-refractivity contribution is 6.32. The number of rotatable bonds is 5. The molecule has 0 bridgehead atoms. The van der Waals surface area contributed by atoms with Crippen LogP contribution in [-0.2, 0) is 6.42 Å². The lowest BCUT2D eigenvalue weighted by molar-refractivity contribution is 0.199.